The van der Waals surface area contributed by atoms with Crippen LogP contribution in [0.3, 0.4) is 0 Å². The fourth-order valence-corrected chi connectivity index (χ4v) is 3.16. The lowest BCUT2D eigenvalue weighted by atomic mass is 9.95. The number of hydrogen-bond acceptors (Lipinski definition) is 1. The van der Waals surface area contributed by atoms with E-state index in [0.717, 1.165) is 11.1 Å². The predicted octanol–water partition coefficient (Wildman–Crippen LogP) is 6.11. The summed E-state index contributed by atoms with van der Waals surface area (Å²) in [4.78, 5) is 2.57. The lowest BCUT2D eigenvalue weighted by Gasteiger charge is -2.23. The first kappa shape index (κ1) is 18.7. The average molecular weight is 327 g/mol. The summed E-state index contributed by atoms with van der Waals surface area (Å²) >= 11 is 0. The second-order valence-corrected chi connectivity index (χ2v) is 6.66. The third kappa shape index (κ3) is 5.45. The molecule has 0 aliphatic rings. The van der Waals surface area contributed by atoms with E-state index in [9.17, 15) is 4.39 Å². The lowest BCUT2D eigenvalue weighted by molar-refractivity contribution is 0.265. The molecule has 0 aliphatic heterocycles. The van der Waals surface area contributed by atoms with Gasteiger partial charge < -0.3 is 4.90 Å². The van der Waals surface area contributed by atoms with Crippen molar-refractivity contribution in [3.05, 3.63) is 59.9 Å². The van der Waals surface area contributed by atoms with Crippen LogP contribution in [0.15, 0.2) is 48.5 Å². The minimum atomic E-state index is -0.187. The summed E-state index contributed by atoms with van der Waals surface area (Å²) in [5, 5.41) is 0. The van der Waals surface area contributed by atoms with Crippen molar-refractivity contribution in [2.75, 3.05) is 19.6 Å². The quantitative estimate of drug-likeness (QED) is 0.537. The Hall–Kier alpha value is -1.67. The van der Waals surface area contributed by atoms with Gasteiger partial charge in [-0.2, -0.15) is 0 Å². The van der Waals surface area contributed by atoms with Gasteiger partial charge in [0.05, 0.1) is 0 Å². The highest BCUT2D eigenvalue weighted by Gasteiger charge is 2.09. The van der Waals surface area contributed by atoms with Crippen molar-refractivity contribution in [2.45, 2.75) is 46.0 Å². The second-order valence-electron chi connectivity index (χ2n) is 6.66. The molecule has 0 aromatic heterocycles. The first-order valence-electron chi connectivity index (χ1n) is 9.22. The predicted molar refractivity (Wildman–Crippen MR) is 102 cm³/mol. The molecule has 0 heterocycles. The van der Waals surface area contributed by atoms with Gasteiger partial charge in [-0.05, 0) is 73.6 Å². The molecule has 24 heavy (non-hydrogen) atoms. The van der Waals surface area contributed by atoms with Crippen molar-refractivity contribution in [1.82, 2.24) is 4.90 Å². The maximum absolute atomic E-state index is 13.0. The lowest BCUT2D eigenvalue weighted by Crippen LogP contribution is -2.27. The van der Waals surface area contributed by atoms with Gasteiger partial charge in [0.2, 0.25) is 0 Å². The first-order chi connectivity index (χ1) is 11.6. The van der Waals surface area contributed by atoms with Gasteiger partial charge >= 0.3 is 0 Å². The van der Waals surface area contributed by atoms with Gasteiger partial charge in [0.15, 0.2) is 0 Å². The molecule has 1 atom stereocenters. The molecule has 2 aromatic carbocycles. The summed E-state index contributed by atoms with van der Waals surface area (Å²) in [5.41, 5.74) is 3.59. The Bertz CT molecular complexity index is 582. The largest absolute Gasteiger partial charge is 0.303 e. The van der Waals surface area contributed by atoms with Gasteiger partial charge in [0.1, 0.15) is 5.82 Å². The van der Waals surface area contributed by atoms with E-state index in [-0.39, 0.29) is 5.82 Å². The molecule has 0 radical (unpaired) electrons. The highest BCUT2D eigenvalue weighted by molar-refractivity contribution is 5.63. The maximum Gasteiger partial charge on any atom is 0.123 e. The number of hydrogen-bond donors (Lipinski definition) is 0. The van der Waals surface area contributed by atoms with E-state index in [0.29, 0.717) is 5.92 Å². The van der Waals surface area contributed by atoms with E-state index in [4.69, 9.17) is 0 Å². The number of benzene rings is 2. The van der Waals surface area contributed by atoms with Gasteiger partial charge in [-0.25, -0.2) is 4.39 Å². The Morgan fingerprint density at radius 2 is 1.29 bits per heavy atom. The molecule has 1 nitrogen and oxygen atoms in total. The van der Waals surface area contributed by atoms with Crippen molar-refractivity contribution in [3.63, 3.8) is 0 Å². The minimum absolute atomic E-state index is 0.187. The van der Waals surface area contributed by atoms with Gasteiger partial charge in [-0.1, -0.05) is 57.2 Å². The molecular weight excluding hydrogens is 297 g/mol. The number of halogens is 1. The Morgan fingerprint density at radius 3 is 1.79 bits per heavy atom. The molecule has 0 saturated carbocycles. The summed E-state index contributed by atoms with van der Waals surface area (Å²) in [6, 6.07) is 15.4. The molecular formula is C22H30FN. The summed E-state index contributed by atoms with van der Waals surface area (Å²) in [7, 11) is 0. The molecule has 1 unspecified atom stereocenters. The highest BCUT2D eigenvalue weighted by Crippen LogP contribution is 2.25. The second kappa shape index (κ2) is 9.58. The van der Waals surface area contributed by atoms with E-state index in [1.165, 1.54) is 56.6 Å². The zero-order valence-corrected chi connectivity index (χ0v) is 15.3. The van der Waals surface area contributed by atoms with E-state index in [1.54, 1.807) is 0 Å². The van der Waals surface area contributed by atoms with Crippen LogP contribution in [0, 0.1) is 5.82 Å². The van der Waals surface area contributed by atoms with Crippen LogP contribution in [0.1, 0.15) is 51.5 Å². The van der Waals surface area contributed by atoms with E-state index in [1.807, 2.05) is 12.1 Å². The molecule has 0 saturated heterocycles. The highest BCUT2D eigenvalue weighted by atomic mass is 19.1. The fourth-order valence-electron chi connectivity index (χ4n) is 3.16. The summed E-state index contributed by atoms with van der Waals surface area (Å²) in [6.07, 6.45) is 3.64. The zero-order chi connectivity index (χ0) is 17.4. The molecule has 2 rings (SSSR count). The van der Waals surface area contributed by atoms with Gasteiger partial charge in [-0.15, -0.1) is 0 Å². The SMILES string of the molecule is CCCN(CCC)CCC(C)c1ccc(-c2ccc(F)cc2)cc1. The minimum Gasteiger partial charge on any atom is -0.303 e. The summed E-state index contributed by atoms with van der Waals surface area (Å²) in [5.74, 6) is 0.371. The normalized spacial score (nSPS) is 12.5. The molecule has 0 bridgehead atoms. The van der Waals surface area contributed by atoms with Crippen molar-refractivity contribution in [2.24, 2.45) is 0 Å². The molecule has 0 fully saturated rings. The summed E-state index contributed by atoms with van der Waals surface area (Å²) < 4.78 is 13.0. The van der Waals surface area contributed by atoms with Crippen molar-refractivity contribution >= 4 is 0 Å². The Balaban J connectivity index is 1.95. The Labute approximate surface area is 146 Å². The van der Waals surface area contributed by atoms with Gasteiger partial charge in [-0.3, -0.25) is 0 Å². The Kier molecular flexibility index (Phi) is 7.45. The standard InChI is InChI=1S/C22H30FN/c1-4-15-24(16-5-2)17-14-18(3)19-6-8-20(9-7-19)21-10-12-22(23)13-11-21/h6-13,18H,4-5,14-17H2,1-3H3. The molecule has 0 aliphatic carbocycles. The van der Waals surface area contributed by atoms with Crippen LogP contribution in [-0.4, -0.2) is 24.5 Å². The van der Waals surface area contributed by atoms with Gasteiger partial charge in [0.25, 0.3) is 0 Å². The number of nitrogens with zero attached hydrogens (tertiary/aromatic N) is 1. The van der Waals surface area contributed by atoms with Gasteiger partial charge in [0, 0.05) is 0 Å². The van der Waals surface area contributed by atoms with Crippen molar-refractivity contribution in [1.29, 1.82) is 0 Å². The van der Waals surface area contributed by atoms with Crippen molar-refractivity contribution in [3.8, 4) is 11.1 Å². The zero-order valence-electron chi connectivity index (χ0n) is 15.3. The van der Waals surface area contributed by atoms with Crippen LogP contribution in [0.2, 0.25) is 0 Å². The number of rotatable bonds is 9. The third-order valence-corrected chi connectivity index (χ3v) is 4.62. The van der Waals surface area contributed by atoms with Crippen LogP contribution in [0.5, 0.6) is 0 Å². The van der Waals surface area contributed by atoms with Crippen LogP contribution in [0.4, 0.5) is 4.39 Å². The molecule has 0 spiro atoms. The molecule has 0 amide bonds. The Morgan fingerprint density at radius 1 is 0.792 bits per heavy atom. The van der Waals surface area contributed by atoms with E-state index >= 15 is 0 Å². The molecule has 0 N–H and O–H groups in total. The van der Waals surface area contributed by atoms with E-state index < -0.39 is 0 Å². The topological polar surface area (TPSA) is 3.24 Å². The molecule has 2 aromatic rings. The van der Waals surface area contributed by atoms with Crippen molar-refractivity contribution < 1.29 is 4.39 Å². The molecule has 130 valence electrons. The smallest absolute Gasteiger partial charge is 0.123 e. The summed E-state index contributed by atoms with van der Waals surface area (Å²) in [6.45, 7) is 10.4. The van der Waals surface area contributed by atoms with Crippen LogP contribution >= 0.6 is 0 Å². The van der Waals surface area contributed by atoms with Crippen LogP contribution < -0.4 is 0 Å². The van der Waals surface area contributed by atoms with Crippen LogP contribution in [0.25, 0.3) is 11.1 Å². The van der Waals surface area contributed by atoms with Crippen LogP contribution in [-0.2, 0) is 0 Å². The first-order valence-corrected chi connectivity index (χ1v) is 9.22. The maximum atomic E-state index is 13.0. The third-order valence-electron chi connectivity index (χ3n) is 4.62. The average Bonchev–Trinajstić information content (AvgIpc) is 2.60. The van der Waals surface area contributed by atoms with E-state index in [2.05, 4.69) is 49.9 Å². The monoisotopic (exact) mass is 327 g/mol. The fraction of sp³-hybridized carbons (Fsp3) is 0.455. The molecule has 2 heteroatoms.